The van der Waals surface area contributed by atoms with Crippen molar-refractivity contribution in [3.8, 4) is 11.8 Å². The summed E-state index contributed by atoms with van der Waals surface area (Å²) in [6.45, 7) is 0. The molecule has 0 unspecified atom stereocenters. The molecule has 1 aromatic carbocycles. The number of nitriles is 1. The fourth-order valence-electron chi connectivity index (χ4n) is 2.29. The molecule has 0 saturated heterocycles. The lowest BCUT2D eigenvalue weighted by Crippen LogP contribution is -2.03. The zero-order valence-electron chi connectivity index (χ0n) is 8.85. The Morgan fingerprint density at radius 1 is 1.25 bits per heavy atom. The van der Waals surface area contributed by atoms with Gasteiger partial charge in [-0.2, -0.15) is 10.4 Å². The summed E-state index contributed by atoms with van der Waals surface area (Å²) >= 11 is 0. The first-order chi connectivity index (χ1) is 7.90. The van der Waals surface area contributed by atoms with Crippen molar-refractivity contribution in [2.75, 3.05) is 0 Å². The van der Waals surface area contributed by atoms with Crippen LogP contribution in [-0.4, -0.2) is 9.78 Å². The molecule has 2 aromatic rings. The summed E-state index contributed by atoms with van der Waals surface area (Å²) in [4.78, 5) is 0. The molecule has 0 bridgehead atoms. The van der Waals surface area contributed by atoms with Crippen molar-refractivity contribution >= 4 is 0 Å². The Kier molecular flexibility index (Phi) is 2.00. The van der Waals surface area contributed by atoms with Crippen LogP contribution < -0.4 is 0 Å². The molecule has 1 aliphatic rings. The molecule has 0 atom stereocenters. The summed E-state index contributed by atoms with van der Waals surface area (Å²) in [6, 6.07) is 9.82. The Morgan fingerprint density at radius 3 is 3.00 bits per heavy atom. The van der Waals surface area contributed by atoms with Gasteiger partial charge in [0.1, 0.15) is 6.07 Å². The zero-order chi connectivity index (χ0) is 11.0. The first-order valence-electron chi connectivity index (χ1n) is 5.45. The summed E-state index contributed by atoms with van der Waals surface area (Å²) < 4.78 is 1.92. The number of nitrogens with zero attached hydrogens (tertiary/aromatic N) is 3. The molecule has 1 heterocycles. The zero-order valence-corrected chi connectivity index (χ0v) is 8.85. The van der Waals surface area contributed by atoms with Crippen LogP contribution in [0.4, 0.5) is 0 Å². The third kappa shape index (κ3) is 1.24. The van der Waals surface area contributed by atoms with E-state index in [0.717, 1.165) is 18.5 Å². The number of rotatable bonds is 1. The number of aromatic nitrogens is 2. The van der Waals surface area contributed by atoms with Crippen molar-refractivity contribution in [1.29, 1.82) is 5.26 Å². The van der Waals surface area contributed by atoms with Crippen molar-refractivity contribution < 1.29 is 0 Å². The first-order valence-corrected chi connectivity index (χ1v) is 5.45. The van der Waals surface area contributed by atoms with Crippen LogP contribution in [0.1, 0.15) is 23.2 Å². The quantitative estimate of drug-likeness (QED) is 0.722. The second-order valence-corrected chi connectivity index (χ2v) is 4.01. The van der Waals surface area contributed by atoms with Gasteiger partial charge in [0.25, 0.3) is 0 Å². The van der Waals surface area contributed by atoms with Crippen LogP contribution in [0.2, 0.25) is 0 Å². The van der Waals surface area contributed by atoms with Gasteiger partial charge in [-0.25, -0.2) is 4.68 Å². The van der Waals surface area contributed by atoms with Gasteiger partial charge in [0.05, 0.1) is 17.4 Å². The predicted molar refractivity (Wildman–Crippen MR) is 60.3 cm³/mol. The van der Waals surface area contributed by atoms with Gasteiger partial charge < -0.3 is 0 Å². The topological polar surface area (TPSA) is 41.6 Å². The van der Waals surface area contributed by atoms with Gasteiger partial charge in [-0.05, 0) is 37.0 Å². The Balaban J connectivity index is 2.20. The van der Waals surface area contributed by atoms with Gasteiger partial charge in [0.15, 0.2) is 0 Å². The van der Waals surface area contributed by atoms with Gasteiger partial charge in [0, 0.05) is 5.69 Å². The second kappa shape index (κ2) is 3.49. The molecule has 1 aliphatic carbocycles. The molecule has 0 radical (unpaired) electrons. The van der Waals surface area contributed by atoms with E-state index in [-0.39, 0.29) is 0 Å². The first kappa shape index (κ1) is 9.17. The van der Waals surface area contributed by atoms with Crippen LogP contribution in [0.25, 0.3) is 5.69 Å². The smallest absolute Gasteiger partial charge is 0.101 e. The minimum atomic E-state index is 0.681. The van der Waals surface area contributed by atoms with Crippen molar-refractivity contribution in [2.24, 2.45) is 0 Å². The van der Waals surface area contributed by atoms with Crippen LogP contribution in [0.5, 0.6) is 0 Å². The molecular weight excluding hydrogens is 198 g/mol. The minimum Gasteiger partial charge on any atom is -0.236 e. The Hall–Kier alpha value is -2.08. The van der Waals surface area contributed by atoms with E-state index in [4.69, 9.17) is 5.26 Å². The van der Waals surface area contributed by atoms with Crippen molar-refractivity contribution in [1.82, 2.24) is 9.78 Å². The van der Waals surface area contributed by atoms with Gasteiger partial charge in [0.2, 0.25) is 0 Å². The molecule has 3 nitrogen and oxygen atoms in total. The number of para-hydroxylation sites is 1. The maximum absolute atomic E-state index is 9.07. The monoisotopic (exact) mass is 209 g/mol. The number of hydrogen-bond acceptors (Lipinski definition) is 2. The molecule has 0 aliphatic heterocycles. The van der Waals surface area contributed by atoms with Gasteiger partial charge in [-0.3, -0.25) is 0 Å². The number of hydrogen-bond donors (Lipinski definition) is 0. The lowest BCUT2D eigenvalue weighted by Gasteiger charge is -2.06. The molecule has 78 valence electrons. The highest BCUT2D eigenvalue weighted by Gasteiger charge is 2.18. The van der Waals surface area contributed by atoms with E-state index < -0.39 is 0 Å². The molecule has 0 spiro atoms. The molecular formula is C13H11N3. The maximum Gasteiger partial charge on any atom is 0.101 e. The van der Waals surface area contributed by atoms with Crippen LogP contribution >= 0.6 is 0 Å². The van der Waals surface area contributed by atoms with E-state index in [2.05, 4.69) is 11.2 Å². The number of fused-ring (bicyclic) bond motifs is 1. The minimum absolute atomic E-state index is 0.681. The summed E-state index contributed by atoms with van der Waals surface area (Å²) in [5.41, 5.74) is 4.17. The van der Waals surface area contributed by atoms with E-state index in [1.807, 2.05) is 35.1 Å². The molecule has 0 N–H and O–H groups in total. The van der Waals surface area contributed by atoms with Crippen LogP contribution in [0.15, 0.2) is 30.5 Å². The fraction of sp³-hybridized carbons (Fsp3) is 0.231. The highest BCUT2D eigenvalue weighted by atomic mass is 15.3. The number of aryl methyl sites for hydroxylation is 1. The lowest BCUT2D eigenvalue weighted by molar-refractivity contribution is 0.783. The molecule has 0 amide bonds. The van der Waals surface area contributed by atoms with E-state index in [1.165, 1.54) is 17.7 Å². The third-order valence-corrected chi connectivity index (χ3v) is 3.07. The molecule has 3 heteroatoms. The van der Waals surface area contributed by atoms with Crippen LogP contribution in [0, 0.1) is 11.3 Å². The van der Waals surface area contributed by atoms with Crippen molar-refractivity contribution in [2.45, 2.75) is 19.3 Å². The Labute approximate surface area is 93.9 Å². The second-order valence-electron chi connectivity index (χ2n) is 4.01. The average Bonchev–Trinajstić information content (AvgIpc) is 2.91. The van der Waals surface area contributed by atoms with E-state index in [9.17, 15) is 0 Å². The fourth-order valence-corrected chi connectivity index (χ4v) is 2.29. The van der Waals surface area contributed by atoms with Gasteiger partial charge >= 0.3 is 0 Å². The Morgan fingerprint density at radius 2 is 2.12 bits per heavy atom. The third-order valence-electron chi connectivity index (χ3n) is 3.07. The normalized spacial score (nSPS) is 13.4. The van der Waals surface area contributed by atoms with Crippen LogP contribution in [0.3, 0.4) is 0 Å². The molecule has 3 rings (SSSR count). The highest BCUT2D eigenvalue weighted by Crippen LogP contribution is 2.25. The van der Waals surface area contributed by atoms with Gasteiger partial charge in [-0.15, -0.1) is 0 Å². The summed E-state index contributed by atoms with van der Waals surface area (Å²) in [5, 5.41) is 13.5. The molecule has 16 heavy (non-hydrogen) atoms. The SMILES string of the molecule is N#Cc1ccccc1-n1ncc2c1CCC2. The molecule has 0 fully saturated rings. The van der Waals surface area contributed by atoms with Gasteiger partial charge in [-0.1, -0.05) is 12.1 Å². The standard InChI is InChI=1S/C13H11N3/c14-8-10-4-1-2-6-12(10)16-13-7-3-5-11(13)9-15-16/h1-2,4,6,9H,3,5,7H2. The molecule has 0 saturated carbocycles. The Bertz CT molecular complexity index is 575. The molecule has 1 aromatic heterocycles. The van der Waals surface area contributed by atoms with E-state index in [1.54, 1.807) is 0 Å². The average molecular weight is 209 g/mol. The predicted octanol–water partition coefficient (Wildman–Crippen LogP) is 2.23. The van der Waals surface area contributed by atoms with E-state index in [0.29, 0.717) is 5.56 Å². The summed E-state index contributed by atoms with van der Waals surface area (Å²) in [5.74, 6) is 0. The summed E-state index contributed by atoms with van der Waals surface area (Å²) in [6.07, 6.45) is 5.30. The number of benzene rings is 1. The largest absolute Gasteiger partial charge is 0.236 e. The van der Waals surface area contributed by atoms with Crippen molar-refractivity contribution in [3.05, 3.63) is 47.3 Å². The highest BCUT2D eigenvalue weighted by molar-refractivity contribution is 5.49. The summed E-state index contributed by atoms with van der Waals surface area (Å²) in [7, 11) is 0. The van der Waals surface area contributed by atoms with Crippen LogP contribution in [-0.2, 0) is 12.8 Å². The van der Waals surface area contributed by atoms with Crippen molar-refractivity contribution in [3.63, 3.8) is 0 Å². The maximum atomic E-state index is 9.07. The lowest BCUT2D eigenvalue weighted by atomic mass is 10.2. The van der Waals surface area contributed by atoms with E-state index >= 15 is 0 Å².